The number of nitrogens with zero attached hydrogens (tertiary/aromatic N) is 1. The third-order valence-corrected chi connectivity index (χ3v) is 3.24. The van der Waals surface area contributed by atoms with Gasteiger partial charge in [0.05, 0.1) is 19.3 Å². The van der Waals surface area contributed by atoms with E-state index in [1.54, 1.807) is 6.20 Å². The lowest BCUT2D eigenvalue weighted by molar-refractivity contribution is 0.0766. The first kappa shape index (κ1) is 10.5. The van der Waals surface area contributed by atoms with Gasteiger partial charge in [-0.2, -0.15) is 0 Å². The predicted molar refractivity (Wildman–Crippen MR) is 61.2 cm³/mol. The second-order valence-corrected chi connectivity index (χ2v) is 4.78. The van der Waals surface area contributed by atoms with E-state index in [1.165, 1.54) is 5.56 Å². The summed E-state index contributed by atoms with van der Waals surface area (Å²) in [5.74, 6) is 0. The molecule has 14 heavy (non-hydrogen) atoms. The van der Waals surface area contributed by atoms with Crippen molar-refractivity contribution in [2.75, 3.05) is 19.8 Å². The Morgan fingerprint density at radius 3 is 3.07 bits per heavy atom. The summed E-state index contributed by atoms with van der Waals surface area (Å²) < 4.78 is 7.28. The summed E-state index contributed by atoms with van der Waals surface area (Å²) in [6.07, 6.45) is 1.80. The minimum Gasteiger partial charge on any atom is -0.378 e. The summed E-state index contributed by atoms with van der Waals surface area (Å²) in [6.45, 7) is 2.41. The molecule has 2 heterocycles. The summed E-state index contributed by atoms with van der Waals surface area (Å²) in [5, 5.41) is 3.40. The van der Waals surface area contributed by atoms with Gasteiger partial charge in [0.2, 0.25) is 0 Å². The highest BCUT2D eigenvalue weighted by atomic mass is 79.9. The summed E-state index contributed by atoms with van der Waals surface area (Å²) in [7, 11) is 0. The Bertz CT molecular complexity index is 327. The Morgan fingerprint density at radius 1 is 1.50 bits per heavy atom. The molecule has 0 spiro atoms. The van der Waals surface area contributed by atoms with Crippen LogP contribution in [0.15, 0.2) is 21.3 Å². The first-order valence-electron chi connectivity index (χ1n) is 4.39. The first-order valence-corrected chi connectivity index (χ1v) is 5.98. The summed E-state index contributed by atoms with van der Waals surface area (Å²) in [5.41, 5.74) is 1.19. The molecule has 5 heteroatoms. The van der Waals surface area contributed by atoms with Crippen molar-refractivity contribution in [3.05, 3.63) is 26.9 Å². The van der Waals surface area contributed by atoms with Gasteiger partial charge in [0, 0.05) is 17.2 Å². The Kier molecular flexibility index (Phi) is 3.54. The number of morpholine rings is 1. The van der Waals surface area contributed by atoms with E-state index >= 15 is 0 Å². The van der Waals surface area contributed by atoms with Gasteiger partial charge in [-0.25, -0.2) is 4.98 Å². The van der Waals surface area contributed by atoms with E-state index in [-0.39, 0.29) is 6.04 Å². The van der Waals surface area contributed by atoms with Gasteiger partial charge >= 0.3 is 0 Å². The molecule has 0 bridgehead atoms. The van der Waals surface area contributed by atoms with E-state index in [0.717, 1.165) is 28.8 Å². The Balaban J connectivity index is 2.24. The van der Waals surface area contributed by atoms with Crippen molar-refractivity contribution in [3.63, 3.8) is 0 Å². The highest BCUT2D eigenvalue weighted by molar-refractivity contribution is 9.11. The number of pyridine rings is 1. The minimum absolute atomic E-state index is 0.262. The number of hydrogen-bond donors (Lipinski definition) is 1. The van der Waals surface area contributed by atoms with Crippen molar-refractivity contribution in [1.82, 2.24) is 10.3 Å². The normalized spacial score (nSPS) is 22.3. The topological polar surface area (TPSA) is 34.1 Å². The van der Waals surface area contributed by atoms with E-state index < -0.39 is 0 Å². The molecule has 0 unspecified atom stereocenters. The molecule has 0 aliphatic carbocycles. The van der Waals surface area contributed by atoms with Gasteiger partial charge in [0.25, 0.3) is 0 Å². The van der Waals surface area contributed by atoms with Crippen molar-refractivity contribution in [3.8, 4) is 0 Å². The van der Waals surface area contributed by atoms with Crippen LogP contribution in [0.4, 0.5) is 0 Å². The second-order valence-electron chi connectivity index (χ2n) is 3.11. The largest absolute Gasteiger partial charge is 0.378 e. The third kappa shape index (κ3) is 2.34. The maximum atomic E-state index is 5.41. The number of aromatic nitrogens is 1. The van der Waals surface area contributed by atoms with Gasteiger partial charge in [-0.15, -0.1) is 0 Å². The van der Waals surface area contributed by atoms with Gasteiger partial charge in [0.15, 0.2) is 0 Å². The van der Waals surface area contributed by atoms with Crippen molar-refractivity contribution < 1.29 is 4.74 Å². The predicted octanol–water partition coefficient (Wildman–Crippen LogP) is 2.27. The molecule has 1 fully saturated rings. The van der Waals surface area contributed by atoms with Crippen molar-refractivity contribution >= 4 is 31.9 Å². The number of rotatable bonds is 1. The van der Waals surface area contributed by atoms with Crippen LogP contribution in [0, 0.1) is 0 Å². The van der Waals surface area contributed by atoms with Gasteiger partial charge in [0.1, 0.15) is 4.60 Å². The lowest BCUT2D eigenvalue weighted by Crippen LogP contribution is -2.34. The number of nitrogens with one attached hydrogen (secondary N) is 1. The summed E-state index contributed by atoms with van der Waals surface area (Å²) >= 11 is 6.85. The molecular weight excluding hydrogens is 312 g/mol. The Morgan fingerprint density at radius 2 is 2.36 bits per heavy atom. The molecule has 1 aliphatic rings. The van der Waals surface area contributed by atoms with Crippen LogP contribution >= 0.6 is 31.9 Å². The van der Waals surface area contributed by atoms with Crippen molar-refractivity contribution in [2.45, 2.75) is 6.04 Å². The van der Waals surface area contributed by atoms with Gasteiger partial charge in [-0.3, -0.25) is 0 Å². The van der Waals surface area contributed by atoms with Crippen molar-refractivity contribution in [1.29, 1.82) is 0 Å². The van der Waals surface area contributed by atoms with Gasteiger partial charge in [-0.05, 0) is 43.5 Å². The van der Waals surface area contributed by atoms with E-state index in [4.69, 9.17) is 4.74 Å². The van der Waals surface area contributed by atoms with Crippen LogP contribution in [0.2, 0.25) is 0 Å². The standard InChI is InChI=1S/C9H10Br2N2O/c10-7-4-13-9(11)3-6(7)8-5-14-2-1-12-8/h3-4,8,12H,1-2,5H2/t8-/m0/s1. The van der Waals surface area contributed by atoms with Crippen LogP contribution in [-0.2, 0) is 4.74 Å². The average Bonchev–Trinajstić information content (AvgIpc) is 2.23. The zero-order valence-electron chi connectivity index (χ0n) is 7.46. The highest BCUT2D eigenvalue weighted by Gasteiger charge is 2.17. The molecule has 3 nitrogen and oxygen atoms in total. The SMILES string of the molecule is Brc1cc([C@@H]2COCCN2)c(Br)cn1. The number of ether oxygens (including phenoxy) is 1. The Hall–Kier alpha value is 0.0300. The summed E-state index contributed by atoms with van der Waals surface area (Å²) in [4.78, 5) is 4.14. The van der Waals surface area contributed by atoms with Crippen LogP contribution in [0.25, 0.3) is 0 Å². The lowest BCUT2D eigenvalue weighted by Gasteiger charge is -2.24. The molecule has 76 valence electrons. The molecular formula is C9H10Br2N2O. The molecule has 1 aliphatic heterocycles. The monoisotopic (exact) mass is 320 g/mol. The smallest absolute Gasteiger partial charge is 0.106 e. The zero-order chi connectivity index (χ0) is 9.97. The molecule has 0 saturated carbocycles. The molecule has 1 aromatic rings. The fourth-order valence-corrected chi connectivity index (χ4v) is 2.30. The van der Waals surface area contributed by atoms with E-state index in [9.17, 15) is 0 Å². The van der Waals surface area contributed by atoms with E-state index in [2.05, 4.69) is 42.2 Å². The molecule has 0 radical (unpaired) electrons. The average molecular weight is 322 g/mol. The van der Waals surface area contributed by atoms with Crippen LogP contribution in [-0.4, -0.2) is 24.7 Å². The van der Waals surface area contributed by atoms with E-state index in [1.807, 2.05) is 6.07 Å². The van der Waals surface area contributed by atoms with Crippen molar-refractivity contribution in [2.24, 2.45) is 0 Å². The number of halogens is 2. The number of hydrogen-bond acceptors (Lipinski definition) is 3. The maximum absolute atomic E-state index is 5.41. The van der Waals surface area contributed by atoms with Gasteiger partial charge in [-0.1, -0.05) is 0 Å². The molecule has 1 aromatic heterocycles. The molecule has 1 saturated heterocycles. The van der Waals surface area contributed by atoms with Crippen LogP contribution in [0.3, 0.4) is 0 Å². The van der Waals surface area contributed by atoms with Crippen LogP contribution in [0.1, 0.15) is 11.6 Å². The fourth-order valence-electron chi connectivity index (χ4n) is 1.46. The fraction of sp³-hybridized carbons (Fsp3) is 0.444. The lowest BCUT2D eigenvalue weighted by atomic mass is 10.1. The molecule has 1 atom stereocenters. The third-order valence-electron chi connectivity index (χ3n) is 2.15. The minimum atomic E-state index is 0.262. The van der Waals surface area contributed by atoms with Gasteiger partial charge < -0.3 is 10.1 Å². The molecule has 1 N–H and O–H groups in total. The zero-order valence-corrected chi connectivity index (χ0v) is 10.6. The Labute approximate surface area is 99.5 Å². The quantitative estimate of drug-likeness (QED) is 0.806. The maximum Gasteiger partial charge on any atom is 0.106 e. The first-order chi connectivity index (χ1) is 6.77. The molecule has 0 amide bonds. The molecule has 2 rings (SSSR count). The van der Waals surface area contributed by atoms with Crippen LogP contribution in [0.5, 0.6) is 0 Å². The highest BCUT2D eigenvalue weighted by Crippen LogP contribution is 2.26. The van der Waals surface area contributed by atoms with E-state index in [0.29, 0.717) is 0 Å². The van der Waals surface area contributed by atoms with Crippen LogP contribution < -0.4 is 5.32 Å². The second kappa shape index (κ2) is 4.70. The molecule has 0 aromatic carbocycles. The summed E-state index contributed by atoms with van der Waals surface area (Å²) in [6, 6.07) is 2.27.